The second kappa shape index (κ2) is 11.1. The molecular formula is C18H25BrFIN6O. The highest BCUT2D eigenvalue weighted by molar-refractivity contribution is 14.0. The van der Waals surface area contributed by atoms with Crippen molar-refractivity contribution in [2.45, 2.75) is 45.5 Å². The minimum absolute atomic E-state index is 0. The lowest BCUT2D eigenvalue weighted by molar-refractivity contribution is 0.177. The van der Waals surface area contributed by atoms with Crippen molar-refractivity contribution in [3.8, 4) is 0 Å². The van der Waals surface area contributed by atoms with Crippen LogP contribution in [0.2, 0.25) is 0 Å². The number of hydrogen-bond acceptors (Lipinski definition) is 4. The Kier molecular flexibility index (Phi) is 9.09. The highest BCUT2D eigenvalue weighted by Gasteiger charge is 2.22. The van der Waals surface area contributed by atoms with Crippen LogP contribution in [-0.4, -0.2) is 40.4 Å². The quantitative estimate of drug-likeness (QED) is 0.319. The molecule has 2 N–H and O–H groups in total. The maximum absolute atomic E-state index is 13.7. The van der Waals surface area contributed by atoms with Crippen molar-refractivity contribution >= 4 is 45.9 Å². The molecule has 0 amide bonds. The SMILES string of the molecule is CCNC(=NCc1ccc(Br)c(F)c1)NC1CCc2nc(COC)nn2C1.I. The number of halogens is 3. The summed E-state index contributed by atoms with van der Waals surface area (Å²) in [6.07, 6.45) is 1.80. The molecule has 3 rings (SSSR count). The molecule has 0 radical (unpaired) electrons. The fourth-order valence-electron chi connectivity index (χ4n) is 2.99. The predicted octanol–water partition coefficient (Wildman–Crippen LogP) is 3.01. The van der Waals surface area contributed by atoms with E-state index in [0.29, 0.717) is 29.4 Å². The normalized spacial score (nSPS) is 16.3. The summed E-state index contributed by atoms with van der Waals surface area (Å²) in [5.41, 5.74) is 0.819. The third-order valence-electron chi connectivity index (χ3n) is 4.26. The van der Waals surface area contributed by atoms with Crippen LogP contribution >= 0.6 is 39.9 Å². The summed E-state index contributed by atoms with van der Waals surface area (Å²) < 4.78 is 21.2. The number of guanidine groups is 1. The van der Waals surface area contributed by atoms with Gasteiger partial charge in [-0.3, -0.25) is 0 Å². The average Bonchev–Trinajstić information content (AvgIpc) is 3.04. The number of aryl methyl sites for hydroxylation is 1. The summed E-state index contributed by atoms with van der Waals surface area (Å²) in [7, 11) is 1.64. The van der Waals surface area contributed by atoms with Crippen LogP contribution in [0.3, 0.4) is 0 Å². The van der Waals surface area contributed by atoms with Crippen LogP contribution in [0.1, 0.15) is 30.6 Å². The summed E-state index contributed by atoms with van der Waals surface area (Å²) in [4.78, 5) is 9.08. The first-order chi connectivity index (χ1) is 13.1. The minimum atomic E-state index is -0.279. The molecule has 0 bridgehead atoms. The zero-order valence-corrected chi connectivity index (χ0v) is 19.8. The number of fused-ring (bicyclic) bond motifs is 1. The van der Waals surface area contributed by atoms with Crippen molar-refractivity contribution in [2.24, 2.45) is 4.99 Å². The Balaban J connectivity index is 0.00000280. The van der Waals surface area contributed by atoms with Gasteiger partial charge in [-0.25, -0.2) is 19.0 Å². The summed E-state index contributed by atoms with van der Waals surface area (Å²) in [5, 5.41) is 11.2. The van der Waals surface area contributed by atoms with Gasteiger partial charge in [-0.1, -0.05) is 6.07 Å². The van der Waals surface area contributed by atoms with E-state index >= 15 is 0 Å². The van der Waals surface area contributed by atoms with E-state index in [-0.39, 0.29) is 35.8 Å². The van der Waals surface area contributed by atoms with E-state index in [2.05, 4.69) is 41.6 Å². The number of ether oxygens (including phenoxy) is 1. The maximum atomic E-state index is 13.7. The van der Waals surface area contributed by atoms with E-state index in [9.17, 15) is 4.39 Å². The number of hydrogen-bond donors (Lipinski definition) is 2. The summed E-state index contributed by atoms with van der Waals surface area (Å²) in [5.74, 6) is 2.14. The molecule has 1 aromatic carbocycles. The van der Waals surface area contributed by atoms with Gasteiger partial charge in [0.25, 0.3) is 0 Å². The predicted molar refractivity (Wildman–Crippen MR) is 120 cm³/mol. The molecule has 1 aliphatic heterocycles. The number of aromatic nitrogens is 3. The van der Waals surface area contributed by atoms with Crippen molar-refractivity contribution in [2.75, 3.05) is 13.7 Å². The van der Waals surface area contributed by atoms with Gasteiger partial charge in [0.1, 0.15) is 18.2 Å². The zero-order chi connectivity index (χ0) is 19.2. The number of aliphatic imine (C=N–C) groups is 1. The smallest absolute Gasteiger partial charge is 0.191 e. The number of benzene rings is 1. The molecule has 0 fully saturated rings. The van der Waals surface area contributed by atoms with Gasteiger partial charge in [0, 0.05) is 26.1 Å². The Morgan fingerprint density at radius 1 is 1.46 bits per heavy atom. The molecule has 28 heavy (non-hydrogen) atoms. The third-order valence-corrected chi connectivity index (χ3v) is 4.91. The van der Waals surface area contributed by atoms with Gasteiger partial charge in [-0.2, -0.15) is 5.10 Å². The lowest BCUT2D eigenvalue weighted by Crippen LogP contribution is -2.47. The molecule has 1 atom stereocenters. The maximum Gasteiger partial charge on any atom is 0.191 e. The fraction of sp³-hybridized carbons (Fsp3) is 0.500. The van der Waals surface area contributed by atoms with Crippen LogP contribution in [0.15, 0.2) is 27.7 Å². The second-order valence-electron chi connectivity index (χ2n) is 6.38. The van der Waals surface area contributed by atoms with Gasteiger partial charge in [-0.15, -0.1) is 24.0 Å². The molecule has 2 aromatic rings. The van der Waals surface area contributed by atoms with E-state index in [0.717, 1.165) is 37.3 Å². The lowest BCUT2D eigenvalue weighted by Gasteiger charge is -2.25. The standard InChI is InChI=1S/C18H24BrFN6O.HI/c1-3-21-18(22-9-12-4-6-14(19)15(20)8-12)23-13-5-7-17-24-16(11-27-2)25-26(17)10-13;/h4,6,8,13H,3,5,7,9-11H2,1-2H3,(H2,21,22,23);1H. The van der Waals surface area contributed by atoms with Crippen LogP contribution in [0.4, 0.5) is 4.39 Å². The number of nitrogens with one attached hydrogen (secondary N) is 2. The fourth-order valence-corrected chi connectivity index (χ4v) is 3.24. The van der Waals surface area contributed by atoms with Crippen LogP contribution in [0.5, 0.6) is 0 Å². The Labute approximate surface area is 189 Å². The molecule has 0 saturated carbocycles. The van der Waals surface area contributed by atoms with Crippen molar-refractivity contribution in [3.63, 3.8) is 0 Å². The molecule has 0 saturated heterocycles. The van der Waals surface area contributed by atoms with Crippen LogP contribution in [0.25, 0.3) is 0 Å². The van der Waals surface area contributed by atoms with Crippen molar-refractivity contribution in [1.82, 2.24) is 25.4 Å². The Morgan fingerprint density at radius 3 is 3.00 bits per heavy atom. The lowest BCUT2D eigenvalue weighted by atomic mass is 10.1. The summed E-state index contributed by atoms with van der Waals surface area (Å²) >= 11 is 3.17. The van der Waals surface area contributed by atoms with Crippen molar-refractivity contribution < 1.29 is 9.13 Å². The molecule has 2 heterocycles. The Morgan fingerprint density at radius 2 is 2.29 bits per heavy atom. The Hall–Kier alpha value is -1.27. The summed E-state index contributed by atoms with van der Waals surface area (Å²) in [6, 6.07) is 5.26. The van der Waals surface area contributed by atoms with Gasteiger partial charge in [0.15, 0.2) is 11.8 Å². The van der Waals surface area contributed by atoms with E-state index in [1.165, 1.54) is 6.07 Å². The molecule has 1 unspecified atom stereocenters. The zero-order valence-electron chi connectivity index (χ0n) is 15.9. The van der Waals surface area contributed by atoms with E-state index in [1.54, 1.807) is 13.2 Å². The highest BCUT2D eigenvalue weighted by atomic mass is 127. The Bertz CT molecular complexity index is 815. The van der Waals surface area contributed by atoms with Gasteiger partial charge in [0.05, 0.1) is 17.6 Å². The first-order valence-electron chi connectivity index (χ1n) is 8.99. The van der Waals surface area contributed by atoms with Crippen LogP contribution in [0, 0.1) is 5.82 Å². The second-order valence-corrected chi connectivity index (χ2v) is 7.24. The number of rotatable bonds is 6. The van der Waals surface area contributed by atoms with Gasteiger partial charge in [0.2, 0.25) is 0 Å². The van der Waals surface area contributed by atoms with E-state index < -0.39 is 0 Å². The monoisotopic (exact) mass is 566 g/mol. The molecular weight excluding hydrogens is 542 g/mol. The highest BCUT2D eigenvalue weighted by Crippen LogP contribution is 2.17. The molecule has 10 heteroatoms. The van der Waals surface area contributed by atoms with E-state index in [1.807, 2.05) is 17.7 Å². The first kappa shape index (κ1) is 23.0. The average molecular weight is 567 g/mol. The third kappa shape index (κ3) is 6.11. The number of methoxy groups -OCH3 is 1. The first-order valence-corrected chi connectivity index (χ1v) is 9.78. The molecule has 1 aliphatic rings. The van der Waals surface area contributed by atoms with Gasteiger partial charge < -0.3 is 15.4 Å². The molecule has 0 spiro atoms. The van der Waals surface area contributed by atoms with Crippen LogP contribution < -0.4 is 10.6 Å². The largest absolute Gasteiger partial charge is 0.377 e. The number of nitrogens with zero attached hydrogens (tertiary/aromatic N) is 4. The van der Waals surface area contributed by atoms with Crippen LogP contribution in [-0.2, 0) is 30.9 Å². The minimum Gasteiger partial charge on any atom is -0.377 e. The topological polar surface area (TPSA) is 76.4 Å². The van der Waals surface area contributed by atoms with Crippen molar-refractivity contribution in [1.29, 1.82) is 0 Å². The molecule has 1 aromatic heterocycles. The van der Waals surface area contributed by atoms with Gasteiger partial charge >= 0.3 is 0 Å². The molecule has 154 valence electrons. The van der Waals surface area contributed by atoms with Crippen molar-refractivity contribution in [3.05, 3.63) is 45.7 Å². The molecule has 0 aliphatic carbocycles. The summed E-state index contributed by atoms with van der Waals surface area (Å²) in [6.45, 7) is 4.32. The van der Waals surface area contributed by atoms with Gasteiger partial charge in [-0.05, 0) is 47.0 Å². The molecule has 7 nitrogen and oxygen atoms in total. The van der Waals surface area contributed by atoms with E-state index in [4.69, 9.17) is 4.74 Å².